The van der Waals surface area contributed by atoms with E-state index in [1.54, 1.807) is 6.08 Å². The molecule has 0 saturated carbocycles. The van der Waals surface area contributed by atoms with Crippen LogP contribution in [-0.4, -0.2) is 18.3 Å². The minimum Gasteiger partial charge on any atom is -0.394 e. The average molecular weight is 178 g/mol. The molecule has 0 aliphatic rings. The summed E-state index contributed by atoms with van der Waals surface area (Å²) < 4.78 is 16.0. The molecule has 0 aliphatic heterocycles. The number of hydrogen-bond donors (Lipinski definition) is 1. The predicted octanol–water partition coefficient (Wildman–Crippen LogP) is 1.78. The Morgan fingerprint density at radius 2 is 2.36 bits per heavy atom. The first-order chi connectivity index (χ1) is 5.26. The minimum atomic E-state index is -2.04. The third-order valence-electron chi connectivity index (χ3n) is 1.32. The fourth-order valence-electron chi connectivity index (χ4n) is 0.697. The Labute approximate surface area is 67.9 Å². The van der Waals surface area contributed by atoms with Crippen LogP contribution in [0.5, 0.6) is 0 Å². The Morgan fingerprint density at radius 1 is 1.73 bits per heavy atom. The van der Waals surface area contributed by atoms with Gasteiger partial charge in [-0.25, -0.2) is 0 Å². The molecule has 0 aromatic carbocycles. The van der Waals surface area contributed by atoms with Gasteiger partial charge in [0, 0.05) is 5.31 Å². The van der Waals surface area contributed by atoms with Crippen molar-refractivity contribution in [3.63, 3.8) is 0 Å². The Kier molecular flexibility index (Phi) is 6.52. The topological polar surface area (TPSA) is 46.5 Å². The predicted molar refractivity (Wildman–Crippen MR) is 46.1 cm³/mol. The lowest BCUT2D eigenvalue weighted by Crippen LogP contribution is -1.92. The highest BCUT2D eigenvalue weighted by molar-refractivity contribution is 7.44. The van der Waals surface area contributed by atoms with E-state index in [0.717, 1.165) is 11.7 Å². The van der Waals surface area contributed by atoms with Crippen molar-refractivity contribution in [3.05, 3.63) is 11.4 Å². The Bertz CT molecular complexity index is 154. The van der Waals surface area contributed by atoms with Crippen molar-refractivity contribution in [1.82, 2.24) is 0 Å². The van der Waals surface area contributed by atoms with Crippen molar-refractivity contribution in [2.45, 2.75) is 20.3 Å². The highest BCUT2D eigenvalue weighted by atomic mass is 31.1. The molecule has 0 aromatic heterocycles. The summed E-state index contributed by atoms with van der Waals surface area (Å²) in [6, 6.07) is 0. The second kappa shape index (κ2) is 6.59. The molecule has 0 aromatic rings. The van der Waals surface area contributed by atoms with E-state index in [2.05, 4.69) is 0 Å². The Balaban J connectivity index is 3.81. The lowest BCUT2D eigenvalue weighted by atomic mass is 10.4. The van der Waals surface area contributed by atoms with Crippen LogP contribution in [0.15, 0.2) is 11.4 Å². The summed E-state index contributed by atoms with van der Waals surface area (Å²) in [5, 5.41) is 9.21. The molecule has 0 bridgehead atoms. The van der Waals surface area contributed by atoms with E-state index in [1.165, 1.54) is 0 Å². The molecule has 0 heterocycles. The average Bonchev–Trinajstić information content (AvgIpc) is 2.03. The quantitative estimate of drug-likeness (QED) is 0.653. The van der Waals surface area contributed by atoms with Crippen LogP contribution in [0.4, 0.5) is 0 Å². The molecule has 66 valence electrons. The van der Waals surface area contributed by atoms with Gasteiger partial charge in [-0.1, -0.05) is 13.0 Å². The Hall–Kier alpha value is -0.110. The van der Waals surface area contributed by atoms with Gasteiger partial charge in [0.05, 0.1) is 13.2 Å². The highest BCUT2D eigenvalue weighted by Gasteiger charge is 2.02. The van der Waals surface area contributed by atoms with E-state index in [-0.39, 0.29) is 13.2 Å². The smallest absolute Gasteiger partial charge is 0.216 e. The summed E-state index contributed by atoms with van der Waals surface area (Å²) >= 11 is 0. The second-order valence-electron chi connectivity index (χ2n) is 2.03. The first-order valence-corrected chi connectivity index (χ1v) is 5.01. The van der Waals surface area contributed by atoms with Crippen molar-refractivity contribution in [2.24, 2.45) is 0 Å². The first-order valence-electron chi connectivity index (χ1n) is 3.69. The van der Waals surface area contributed by atoms with E-state index in [0.29, 0.717) is 0 Å². The number of hydrogen-bond acceptors (Lipinski definition) is 3. The van der Waals surface area contributed by atoms with Gasteiger partial charge in [-0.15, -0.1) is 0 Å². The van der Waals surface area contributed by atoms with E-state index >= 15 is 0 Å². The van der Waals surface area contributed by atoms with Crippen LogP contribution in [0.25, 0.3) is 0 Å². The standard InChI is InChI=1S/C7H15O3P/c1-3-7(4-2)11(9)10-6-5-8/h3,8,11H,4-6H2,1-2H3. The summed E-state index contributed by atoms with van der Waals surface area (Å²) in [5.74, 6) is 0. The van der Waals surface area contributed by atoms with Gasteiger partial charge in [0.2, 0.25) is 8.03 Å². The number of aliphatic hydroxyl groups is 1. The lowest BCUT2D eigenvalue weighted by Gasteiger charge is -2.03. The van der Waals surface area contributed by atoms with Crippen LogP contribution in [-0.2, 0) is 9.09 Å². The molecular weight excluding hydrogens is 163 g/mol. The van der Waals surface area contributed by atoms with Gasteiger partial charge in [0.15, 0.2) is 0 Å². The van der Waals surface area contributed by atoms with Crippen LogP contribution < -0.4 is 0 Å². The van der Waals surface area contributed by atoms with Gasteiger partial charge < -0.3 is 9.63 Å². The molecule has 1 N–H and O–H groups in total. The van der Waals surface area contributed by atoms with Crippen LogP contribution in [0.2, 0.25) is 0 Å². The van der Waals surface area contributed by atoms with E-state index < -0.39 is 8.03 Å². The van der Waals surface area contributed by atoms with Gasteiger partial charge in [0.25, 0.3) is 0 Å². The molecule has 11 heavy (non-hydrogen) atoms. The summed E-state index contributed by atoms with van der Waals surface area (Å²) in [6.45, 7) is 3.86. The molecule has 0 radical (unpaired) electrons. The molecule has 0 spiro atoms. The third-order valence-corrected chi connectivity index (χ3v) is 2.95. The summed E-state index contributed by atoms with van der Waals surface area (Å²) in [7, 11) is -2.04. The molecule has 1 atom stereocenters. The van der Waals surface area contributed by atoms with Gasteiger partial charge >= 0.3 is 0 Å². The van der Waals surface area contributed by atoms with E-state index in [1.807, 2.05) is 13.8 Å². The fraction of sp³-hybridized carbons (Fsp3) is 0.714. The van der Waals surface area contributed by atoms with Crippen molar-refractivity contribution in [1.29, 1.82) is 0 Å². The molecule has 0 rings (SSSR count). The summed E-state index contributed by atoms with van der Waals surface area (Å²) in [5.41, 5.74) is 0. The monoisotopic (exact) mass is 178 g/mol. The van der Waals surface area contributed by atoms with Gasteiger partial charge in [-0.05, 0) is 13.3 Å². The van der Waals surface area contributed by atoms with Crippen LogP contribution in [0.3, 0.4) is 0 Å². The summed E-state index contributed by atoms with van der Waals surface area (Å²) in [4.78, 5) is 0. The minimum absolute atomic E-state index is 0.0723. The molecule has 3 nitrogen and oxygen atoms in total. The van der Waals surface area contributed by atoms with Crippen LogP contribution in [0, 0.1) is 0 Å². The third kappa shape index (κ3) is 4.35. The highest BCUT2D eigenvalue weighted by Crippen LogP contribution is 2.34. The SMILES string of the molecule is CC=C(CC)[PH](=O)OCCO. The number of allylic oxidation sites excluding steroid dienone is 2. The van der Waals surface area contributed by atoms with Crippen molar-refractivity contribution in [3.8, 4) is 0 Å². The fourth-order valence-corrected chi connectivity index (χ4v) is 1.68. The maximum atomic E-state index is 11.1. The Morgan fingerprint density at radius 3 is 2.73 bits per heavy atom. The second-order valence-corrected chi connectivity index (χ2v) is 3.53. The van der Waals surface area contributed by atoms with Gasteiger partial charge in [-0.2, -0.15) is 0 Å². The van der Waals surface area contributed by atoms with Crippen molar-refractivity contribution < 1.29 is 14.2 Å². The van der Waals surface area contributed by atoms with Gasteiger partial charge in [-0.3, -0.25) is 4.57 Å². The molecule has 1 unspecified atom stereocenters. The lowest BCUT2D eigenvalue weighted by molar-refractivity contribution is 0.209. The van der Waals surface area contributed by atoms with E-state index in [4.69, 9.17) is 9.63 Å². The maximum Gasteiger partial charge on any atom is 0.216 e. The normalized spacial score (nSPS) is 15.0. The summed E-state index contributed by atoms with van der Waals surface area (Å²) in [6.07, 6.45) is 2.55. The molecule has 4 heteroatoms. The number of aliphatic hydroxyl groups excluding tert-OH is 1. The zero-order chi connectivity index (χ0) is 8.69. The van der Waals surface area contributed by atoms with Crippen molar-refractivity contribution in [2.75, 3.05) is 13.2 Å². The zero-order valence-corrected chi connectivity index (χ0v) is 7.96. The number of rotatable bonds is 5. The van der Waals surface area contributed by atoms with Crippen molar-refractivity contribution >= 4 is 8.03 Å². The molecular formula is C7H15O3P. The van der Waals surface area contributed by atoms with Gasteiger partial charge in [0.1, 0.15) is 0 Å². The molecule has 0 fully saturated rings. The molecule has 0 aliphatic carbocycles. The zero-order valence-electron chi connectivity index (χ0n) is 6.96. The molecule has 0 saturated heterocycles. The largest absolute Gasteiger partial charge is 0.394 e. The molecule has 0 amide bonds. The maximum absolute atomic E-state index is 11.1. The first kappa shape index (κ1) is 10.9. The van der Waals surface area contributed by atoms with E-state index in [9.17, 15) is 4.57 Å². The van der Waals surface area contributed by atoms with Crippen LogP contribution in [0.1, 0.15) is 20.3 Å². The van der Waals surface area contributed by atoms with Crippen LogP contribution >= 0.6 is 8.03 Å².